The molecule has 0 amide bonds. The summed E-state index contributed by atoms with van der Waals surface area (Å²) in [7, 11) is 0. The van der Waals surface area contributed by atoms with Gasteiger partial charge in [-0.2, -0.15) is 13.7 Å². The molecule has 1 nitrogen and oxygen atoms in total. The van der Waals surface area contributed by atoms with Crippen LogP contribution in [-0.2, 0) is 0 Å². The molecule has 0 aliphatic rings. The second-order valence-corrected chi connectivity index (χ2v) is 2.57. The van der Waals surface area contributed by atoms with Gasteiger partial charge in [0.2, 0.25) is 0 Å². The molecule has 0 N–H and O–H groups in total. The van der Waals surface area contributed by atoms with Crippen LogP contribution in [0.4, 0.5) is 35.1 Å². The molecule has 0 spiro atoms. The van der Waals surface area contributed by atoms with E-state index in [9.17, 15) is 35.1 Å². The molecule has 0 rings (SSSR count). The Morgan fingerprint density at radius 2 is 1.14 bits per heavy atom. The molecule has 0 atom stereocenters. The Balaban J connectivity index is 5.27. The van der Waals surface area contributed by atoms with Crippen molar-refractivity contribution in [3.8, 4) is 0 Å². The Morgan fingerprint density at radius 1 is 0.857 bits per heavy atom. The van der Waals surface area contributed by atoms with Gasteiger partial charge in [-0.3, -0.25) is 0 Å². The molecule has 10 heteroatoms. The van der Waals surface area contributed by atoms with Crippen LogP contribution in [0.15, 0.2) is 10.7 Å². The van der Waals surface area contributed by atoms with Gasteiger partial charge in [-0.05, 0) is 15.9 Å². The lowest BCUT2D eigenvalue weighted by atomic mass is 10.7. The largest absolute Gasteiger partial charge is 0.492 e. The molecule has 0 saturated carbocycles. The highest BCUT2D eigenvalue weighted by Gasteiger charge is 2.55. The average Bonchev–Trinajstić information content (AvgIpc) is 1.79. The van der Waals surface area contributed by atoms with E-state index in [1.54, 1.807) is 0 Å². The minimum absolute atomic E-state index is 1.50. The van der Waals surface area contributed by atoms with Gasteiger partial charge in [-0.15, -0.1) is 26.3 Å². The van der Waals surface area contributed by atoms with Gasteiger partial charge in [0, 0.05) is 0 Å². The van der Waals surface area contributed by atoms with Gasteiger partial charge < -0.3 is 0 Å². The summed E-state index contributed by atoms with van der Waals surface area (Å²) < 4.78 is 90.5. The molecule has 0 heterocycles. The van der Waals surface area contributed by atoms with Gasteiger partial charge in [0.15, 0.2) is 4.61 Å². The van der Waals surface area contributed by atoms with E-state index < -0.39 is 28.2 Å². The van der Waals surface area contributed by atoms with Crippen LogP contribution in [0.1, 0.15) is 0 Å². The molecule has 0 bridgehead atoms. The Bertz CT molecular complexity index is 221. The van der Waals surface area contributed by atoms with E-state index >= 15 is 0 Å². The van der Waals surface area contributed by atoms with E-state index in [4.69, 9.17) is 0 Å². The van der Waals surface area contributed by atoms with Gasteiger partial charge in [-0.1, -0.05) is 0 Å². The van der Waals surface area contributed by atoms with Crippen molar-refractivity contribution in [2.45, 2.75) is 12.6 Å². The molecule has 84 valence electrons. The molecule has 0 aromatic rings. The molecule has 0 radical (unpaired) electrons. The molecule has 14 heavy (non-hydrogen) atoms. The first-order chi connectivity index (χ1) is 5.98. The van der Waals surface area contributed by atoms with Crippen LogP contribution < -0.4 is 0 Å². The Labute approximate surface area is 80.1 Å². The second-order valence-electron chi connectivity index (χ2n) is 1.82. The SMILES string of the molecule is FC(F)=C(Br)N(C(F)(F)F)C(F)(F)F. The van der Waals surface area contributed by atoms with E-state index in [1.807, 2.05) is 0 Å². The van der Waals surface area contributed by atoms with Crippen molar-refractivity contribution >= 4 is 15.9 Å². The number of halogens is 9. The topological polar surface area (TPSA) is 3.24 Å². The lowest BCUT2D eigenvalue weighted by Gasteiger charge is -2.27. The maximum Gasteiger partial charge on any atom is 0.492 e. The summed E-state index contributed by atoms with van der Waals surface area (Å²) in [6, 6.07) is 0. The summed E-state index contributed by atoms with van der Waals surface area (Å²) in [5.74, 6) is 0. The highest BCUT2D eigenvalue weighted by Crippen LogP contribution is 2.40. The Morgan fingerprint density at radius 3 is 1.21 bits per heavy atom. The highest BCUT2D eigenvalue weighted by atomic mass is 79.9. The van der Waals surface area contributed by atoms with Crippen molar-refractivity contribution < 1.29 is 35.1 Å². The van der Waals surface area contributed by atoms with Crippen molar-refractivity contribution in [3.63, 3.8) is 0 Å². The van der Waals surface area contributed by atoms with Gasteiger partial charge in [0.1, 0.15) is 0 Å². The lowest BCUT2D eigenvalue weighted by Crippen LogP contribution is -2.46. The summed E-state index contributed by atoms with van der Waals surface area (Å²) in [6.45, 7) is 0. The van der Waals surface area contributed by atoms with Gasteiger partial charge in [-0.25, -0.2) is 0 Å². The molecular weight excluding hydrogens is 294 g/mol. The molecular formula is C4BrF8N. The minimum atomic E-state index is -5.97. The summed E-state index contributed by atoms with van der Waals surface area (Å²) in [5.41, 5.74) is 0. The Kier molecular flexibility index (Phi) is 3.76. The fourth-order valence-electron chi connectivity index (χ4n) is 0.451. The van der Waals surface area contributed by atoms with Gasteiger partial charge >= 0.3 is 18.7 Å². The van der Waals surface area contributed by atoms with Crippen molar-refractivity contribution in [2.75, 3.05) is 0 Å². The molecule has 0 aromatic heterocycles. The van der Waals surface area contributed by atoms with Crippen LogP contribution >= 0.6 is 15.9 Å². The van der Waals surface area contributed by atoms with Crippen LogP contribution in [-0.4, -0.2) is 17.5 Å². The monoisotopic (exact) mass is 293 g/mol. The molecule has 0 fully saturated rings. The van der Waals surface area contributed by atoms with Crippen LogP contribution in [0.25, 0.3) is 0 Å². The van der Waals surface area contributed by atoms with Crippen molar-refractivity contribution in [1.82, 2.24) is 4.90 Å². The standard InChI is InChI=1S/C4BrF8N/c5-1(2(6)7)14(3(8,9)10)4(11,12)13. The third-order valence-electron chi connectivity index (χ3n) is 0.859. The molecule has 0 aliphatic heterocycles. The van der Waals surface area contributed by atoms with Gasteiger partial charge in [0.05, 0.1) is 0 Å². The zero-order chi connectivity index (χ0) is 11.7. The number of hydrogen-bond acceptors (Lipinski definition) is 1. The second kappa shape index (κ2) is 3.91. The normalized spacial score (nSPS) is 12.6. The quantitative estimate of drug-likeness (QED) is 0.525. The van der Waals surface area contributed by atoms with Crippen molar-refractivity contribution in [1.29, 1.82) is 0 Å². The fraction of sp³-hybridized carbons (Fsp3) is 0.500. The van der Waals surface area contributed by atoms with Crippen LogP contribution in [0, 0.1) is 0 Å². The average molecular weight is 294 g/mol. The minimum Gasteiger partial charge on any atom is -0.181 e. The molecule has 0 saturated heterocycles. The smallest absolute Gasteiger partial charge is 0.181 e. The third kappa shape index (κ3) is 3.31. The summed E-state index contributed by atoms with van der Waals surface area (Å²) in [5, 5.41) is 0. The number of rotatable bonds is 1. The van der Waals surface area contributed by atoms with Crippen LogP contribution in [0.2, 0.25) is 0 Å². The van der Waals surface area contributed by atoms with E-state index in [1.165, 1.54) is 15.9 Å². The number of nitrogens with zero attached hydrogens (tertiary/aromatic N) is 1. The van der Waals surface area contributed by atoms with Crippen molar-refractivity contribution in [2.24, 2.45) is 0 Å². The zero-order valence-electron chi connectivity index (χ0n) is 5.85. The van der Waals surface area contributed by atoms with Crippen molar-refractivity contribution in [3.05, 3.63) is 10.7 Å². The maximum absolute atomic E-state index is 11.6. The zero-order valence-corrected chi connectivity index (χ0v) is 7.43. The van der Waals surface area contributed by atoms with Crippen LogP contribution in [0.3, 0.4) is 0 Å². The Hall–Kier alpha value is -0.540. The predicted octanol–water partition coefficient (Wildman–Crippen LogP) is 3.79. The van der Waals surface area contributed by atoms with E-state index in [0.717, 1.165) is 0 Å². The lowest BCUT2D eigenvalue weighted by molar-refractivity contribution is -0.356. The molecule has 0 unspecified atom stereocenters. The molecule has 0 aliphatic carbocycles. The highest BCUT2D eigenvalue weighted by molar-refractivity contribution is 9.11. The van der Waals surface area contributed by atoms with E-state index in [-0.39, 0.29) is 0 Å². The summed E-state index contributed by atoms with van der Waals surface area (Å²) in [6.07, 6.45) is -15.1. The number of hydrogen-bond donors (Lipinski definition) is 0. The van der Waals surface area contributed by atoms with Gasteiger partial charge in [0.25, 0.3) is 0 Å². The maximum atomic E-state index is 11.6. The summed E-state index contributed by atoms with van der Waals surface area (Å²) in [4.78, 5) is -2.34. The fourth-order valence-corrected chi connectivity index (χ4v) is 0.853. The first-order valence-corrected chi connectivity index (χ1v) is 3.41. The van der Waals surface area contributed by atoms with Crippen LogP contribution in [0.5, 0.6) is 0 Å². The van der Waals surface area contributed by atoms with E-state index in [2.05, 4.69) is 0 Å². The third-order valence-corrected chi connectivity index (χ3v) is 1.51. The predicted molar refractivity (Wildman–Crippen MR) is 32.1 cm³/mol. The first kappa shape index (κ1) is 13.5. The first-order valence-electron chi connectivity index (χ1n) is 2.62. The molecule has 0 aromatic carbocycles. The number of alkyl halides is 6. The van der Waals surface area contributed by atoms with E-state index in [0.29, 0.717) is 0 Å². The summed E-state index contributed by atoms with van der Waals surface area (Å²) >= 11 is 1.50.